The normalized spacial score (nSPS) is 12.3. The molecule has 2 amide bonds. The monoisotopic (exact) mass is 352 g/mol. The van der Waals surface area contributed by atoms with Crippen LogP contribution in [0.4, 0.5) is 4.79 Å². The summed E-state index contributed by atoms with van der Waals surface area (Å²) in [5.41, 5.74) is 0.715. The molecular formula is C18H28N2O3S. The van der Waals surface area contributed by atoms with Gasteiger partial charge in [0.15, 0.2) is 0 Å². The minimum atomic E-state index is -0.496. The van der Waals surface area contributed by atoms with Gasteiger partial charge in [-0.3, -0.25) is 4.79 Å². The smallest absolute Gasteiger partial charge is 0.407 e. The maximum absolute atomic E-state index is 12.0. The highest BCUT2D eigenvalue weighted by atomic mass is 32.2. The maximum atomic E-state index is 12.0. The molecule has 0 heterocycles. The number of amides is 2. The fourth-order valence-corrected chi connectivity index (χ4v) is 2.69. The summed E-state index contributed by atoms with van der Waals surface area (Å²) >= 11 is 1.61. The molecule has 1 aromatic carbocycles. The van der Waals surface area contributed by atoms with Crippen molar-refractivity contribution in [2.45, 2.75) is 50.7 Å². The van der Waals surface area contributed by atoms with Gasteiger partial charge in [0, 0.05) is 18.8 Å². The Morgan fingerprint density at radius 2 is 1.75 bits per heavy atom. The topological polar surface area (TPSA) is 67.4 Å². The number of hydrogen-bond donors (Lipinski definition) is 2. The molecule has 1 unspecified atom stereocenters. The second-order valence-electron chi connectivity index (χ2n) is 6.51. The fourth-order valence-electron chi connectivity index (χ4n) is 1.82. The third-order valence-electron chi connectivity index (χ3n) is 3.03. The van der Waals surface area contributed by atoms with Crippen LogP contribution >= 0.6 is 11.8 Å². The summed E-state index contributed by atoms with van der Waals surface area (Å²) in [5, 5.41) is 5.45. The molecule has 5 nitrogen and oxygen atoms in total. The number of nitrogens with one attached hydrogen (secondary N) is 2. The first kappa shape index (κ1) is 20.4. The predicted octanol–water partition coefficient (Wildman–Crippen LogP) is 3.34. The third kappa shape index (κ3) is 9.45. The van der Waals surface area contributed by atoms with Crippen LogP contribution in [0.5, 0.6) is 0 Å². The van der Waals surface area contributed by atoms with Crippen molar-refractivity contribution in [1.29, 1.82) is 0 Å². The van der Waals surface area contributed by atoms with Gasteiger partial charge in [0.25, 0.3) is 0 Å². The molecule has 0 aliphatic heterocycles. The molecule has 0 aliphatic rings. The molecule has 134 valence electrons. The standard InChI is InChI=1S/C18H28N2O3S/c1-14(24-13-15-9-6-5-7-10-15)16(21)19-11-8-12-20-17(22)23-18(2,3)4/h5-7,9-10,14H,8,11-13H2,1-4H3,(H,19,21)(H,20,22). The van der Waals surface area contributed by atoms with Crippen LogP contribution in [0.2, 0.25) is 0 Å². The van der Waals surface area contributed by atoms with Gasteiger partial charge in [0.1, 0.15) is 5.60 Å². The summed E-state index contributed by atoms with van der Waals surface area (Å²) in [4.78, 5) is 23.5. The SMILES string of the molecule is CC(SCc1ccccc1)C(=O)NCCCNC(=O)OC(C)(C)C. The second kappa shape index (κ2) is 10.2. The third-order valence-corrected chi connectivity index (χ3v) is 4.25. The van der Waals surface area contributed by atoms with Crippen molar-refractivity contribution in [3.05, 3.63) is 35.9 Å². The van der Waals surface area contributed by atoms with Crippen LogP contribution in [-0.4, -0.2) is 35.9 Å². The number of carbonyl (C=O) groups excluding carboxylic acids is 2. The maximum Gasteiger partial charge on any atom is 0.407 e. The molecule has 1 aromatic rings. The highest BCUT2D eigenvalue weighted by Crippen LogP contribution is 2.17. The largest absolute Gasteiger partial charge is 0.444 e. The van der Waals surface area contributed by atoms with Gasteiger partial charge in [-0.15, -0.1) is 11.8 Å². The van der Waals surface area contributed by atoms with E-state index in [0.717, 1.165) is 5.75 Å². The molecule has 24 heavy (non-hydrogen) atoms. The minimum absolute atomic E-state index is 0.0215. The summed E-state index contributed by atoms with van der Waals surface area (Å²) < 4.78 is 5.14. The Morgan fingerprint density at radius 3 is 2.38 bits per heavy atom. The van der Waals surface area contributed by atoms with E-state index in [1.807, 2.05) is 45.9 Å². The van der Waals surface area contributed by atoms with Gasteiger partial charge < -0.3 is 15.4 Å². The van der Waals surface area contributed by atoms with Crippen LogP contribution in [0.15, 0.2) is 30.3 Å². The Balaban J connectivity index is 2.11. The van der Waals surface area contributed by atoms with Crippen LogP contribution in [0.3, 0.4) is 0 Å². The number of carbonyl (C=O) groups is 2. The lowest BCUT2D eigenvalue weighted by Crippen LogP contribution is -2.36. The van der Waals surface area contributed by atoms with Gasteiger partial charge in [-0.1, -0.05) is 30.3 Å². The first-order chi connectivity index (χ1) is 11.3. The van der Waals surface area contributed by atoms with E-state index < -0.39 is 11.7 Å². The van der Waals surface area contributed by atoms with Crippen LogP contribution in [-0.2, 0) is 15.3 Å². The van der Waals surface area contributed by atoms with Gasteiger partial charge in [-0.25, -0.2) is 4.79 Å². The number of ether oxygens (including phenoxy) is 1. The van der Waals surface area contributed by atoms with E-state index in [1.165, 1.54) is 5.56 Å². The van der Waals surface area contributed by atoms with Crippen LogP contribution in [0.25, 0.3) is 0 Å². The Bertz CT molecular complexity index is 515. The Labute approximate surface area is 148 Å². The first-order valence-electron chi connectivity index (χ1n) is 8.18. The molecule has 0 aromatic heterocycles. The lowest BCUT2D eigenvalue weighted by molar-refractivity contribution is -0.120. The molecule has 0 bridgehead atoms. The van der Waals surface area contributed by atoms with Gasteiger partial charge in [-0.05, 0) is 39.7 Å². The molecule has 6 heteroatoms. The van der Waals surface area contributed by atoms with Gasteiger partial charge >= 0.3 is 6.09 Å². The fraction of sp³-hybridized carbons (Fsp3) is 0.556. The average Bonchev–Trinajstić information content (AvgIpc) is 2.51. The zero-order chi connectivity index (χ0) is 18.0. The van der Waals surface area contributed by atoms with Gasteiger partial charge in [0.2, 0.25) is 5.91 Å². The Morgan fingerprint density at radius 1 is 1.12 bits per heavy atom. The molecule has 1 rings (SSSR count). The highest BCUT2D eigenvalue weighted by Gasteiger charge is 2.16. The second-order valence-corrected chi connectivity index (χ2v) is 7.84. The molecule has 0 saturated carbocycles. The molecule has 2 N–H and O–H groups in total. The molecule has 0 aliphatic carbocycles. The van der Waals surface area contributed by atoms with Crippen LogP contribution in [0, 0.1) is 0 Å². The number of thioether (sulfide) groups is 1. The van der Waals surface area contributed by atoms with Crippen molar-refractivity contribution in [2.75, 3.05) is 13.1 Å². The Kier molecular flexibility index (Phi) is 8.68. The van der Waals surface area contributed by atoms with Crippen molar-refractivity contribution < 1.29 is 14.3 Å². The molecule has 0 fully saturated rings. The molecular weight excluding hydrogens is 324 g/mol. The van der Waals surface area contributed by atoms with E-state index in [4.69, 9.17) is 4.74 Å². The van der Waals surface area contributed by atoms with E-state index in [9.17, 15) is 9.59 Å². The molecule has 0 radical (unpaired) electrons. The molecule has 0 saturated heterocycles. The minimum Gasteiger partial charge on any atom is -0.444 e. The zero-order valence-electron chi connectivity index (χ0n) is 14.9. The van der Waals surface area contributed by atoms with Crippen molar-refractivity contribution in [3.63, 3.8) is 0 Å². The van der Waals surface area contributed by atoms with E-state index in [-0.39, 0.29) is 11.2 Å². The number of rotatable bonds is 8. The summed E-state index contributed by atoms with van der Waals surface area (Å²) in [5.74, 6) is 0.837. The van der Waals surface area contributed by atoms with Gasteiger partial charge in [0.05, 0.1) is 5.25 Å². The zero-order valence-corrected chi connectivity index (χ0v) is 15.7. The summed E-state index contributed by atoms with van der Waals surface area (Å²) in [6, 6.07) is 10.1. The lowest BCUT2D eigenvalue weighted by Gasteiger charge is -2.19. The predicted molar refractivity (Wildman–Crippen MR) is 99.1 cm³/mol. The van der Waals surface area contributed by atoms with Gasteiger partial charge in [-0.2, -0.15) is 0 Å². The number of hydrogen-bond acceptors (Lipinski definition) is 4. The lowest BCUT2D eigenvalue weighted by atomic mass is 10.2. The van der Waals surface area contributed by atoms with Crippen molar-refractivity contribution in [1.82, 2.24) is 10.6 Å². The summed E-state index contributed by atoms with van der Waals surface area (Å²) in [6.45, 7) is 8.37. The summed E-state index contributed by atoms with van der Waals surface area (Å²) in [6.07, 6.45) is 0.238. The Hall–Kier alpha value is -1.69. The number of benzene rings is 1. The van der Waals surface area contributed by atoms with E-state index in [1.54, 1.807) is 11.8 Å². The summed E-state index contributed by atoms with van der Waals surface area (Å²) in [7, 11) is 0. The van der Waals surface area contributed by atoms with E-state index >= 15 is 0 Å². The van der Waals surface area contributed by atoms with Crippen LogP contribution in [0.1, 0.15) is 39.7 Å². The van der Waals surface area contributed by atoms with Crippen molar-refractivity contribution in [2.24, 2.45) is 0 Å². The van der Waals surface area contributed by atoms with Crippen molar-refractivity contribution >= 4 is 23.8 Å². The first-order valence-corrected chi connectivity index (χ1v) is 9.23. The van der Waals surface area contributed by atoms with E-state index in [0.29, 0.717) is 19.5 Å². The average molecular weight is 353 g/mol. The highest BCUT2D eigenvalue weighted by molar-refractivity contribution is 7.99. The van der Waals surface area contributed by atoms with E-state index in [2.05, 4.69) is 22.8 Å². The van der Waals surface area contributed by atoms with Crippen LogP contribution < -0.4 is 10.6 Å². The quantitative estimate of drug-likeness (QED) is 0.704. The molecule has 1 atom stereocenters. The number of alkyl carbamates (subject to hydrolysis) is 1. The van der Waals surface area contributed by atoms with Crippen molar-refractivity contribution in [3.8, 4) is 0 Å². The molecule has 0 spiro atoms.